The van der Waals surface area contributed by atoms with E-state index in [1.54, 1.807) is 18.5 Å². The Balaban J connectivity index is 3.14. The van der Waals surface area contributed by atoms with Crippen molar-refractivity contribution in [1.82, 2.24) is 14.1 Å². The Bertz CT molecular complexity index is 463. The maximum Gasteiger partial charge on any atom is 0.248 e. The molecule has 0 fully saturated rings. The fraction of sp³-hybridized carbons (Fsp3) is 0.700. The van der Waals surface area contributed by atoms with Crippen LogP contribution in [0.5, 0.6) is 0 Å². The van der Waals surface area contributed by atoms with Gasteiger partial charge in [-0.2, -0.15) is 9.40 Å². The second-order valence-electron chi connectivity index (χ2n) is 3.73. The summed E-state index contributed by atoms with van der Waals surface area (Å²) < 4.78 is 27.4. The number of aryl methyl sites for hydroxylation is 1. The van der Waals surface area contributed by atoms with Crippen molar-refractivity contribution in [3.63, 3.8) is 0 Å². The first kappa shape index (κ1) is 14.0. The Labute approximate surface area is 102 Å². The molecule has 0 aliphatic rings. The molecule has 0 saturated heterocycles. The lowest BCUT2D eigenvalue weighted by molar-refractivity contribution is 0.445. The van der Waals surface area contributed by atoms with Crippen LogP contribution in [0.25, 0.3) is 0 Å². The lowest BCUT2D eigenvalue weighted by Gasteiger charge is -2.17. The molecule has 7 heteroatoms. The van der Waals surface area contributed by atoms with E-state index >= 15 is 0 Å². The predicted octanol–water partition coefficient (Wildman–Crippen LogP) is 0.906. The van der Waals surface area contributed by atoms with Crippen molar-refractivity contribution in [2.45, 2.75) is 38.6 Å². The maximum absolute atomic E-state index is 12.2. The number of nitrogens with two attached hydrogens (primary N) is 1. The normalized spacial score (nSPS) is 12.2. The summed E-state index contributed by atoms with van der Waals surface area (Å²) in [6.07, 6.45) is 2.39. The minimum Gasteiger partial charge on any atom is -0.381 e. The molecule has 1 aromatic heterocycles. The smallest absolute Gasteiger partial charge is 0.248 e. The summed E-state index contributed by atoms with van der Waals surface area (Å²) in [4.78, 5) is 0.106. The summed E-state index contributed by atoms with van der Waals surface area (Å²) in [5.41, 5.74) is 5.67. The standard InChI is InChI=1S/C10H20N4O2S/c1-4-7-13-8-9(10(11)12-13)17(15,16)14(5-2)6-3/h8H,4-7H2,1-3H3,(H2,11,12). The first-order valence-electron chi connectivity index (χ1n) is 5.80. The number of hydrogen-bond donors (Lipinski definition) is 1. The van der Waals surface area contributed by atoms with Gasteiger partial charge >= 0.3 is 0 Å². The monoisotopic (exact) mass is 260 g/mol. The minimum atomic E-state index is -3.50. The van der Waals surface area contributed by atoms with Crippen LogP contribution in [-0.2, 0) is 16.6 Å². The largest absolute Gasteiger partial charge is 0.381 e. The number of anilines is 1. The fourth-order valence-corrected chi connectivity index (χ4v) is 3.18. The van der Waals surface area contributed by atoms with E-state index in [1.165, 1.54) is 10.5 Å². The molecule has 0 aliphatic carbocycles. The van der Waals surface area contributed by atoms with Gasteiger partial charge in [0.05, 0.1) is 0 Å². The van der Waals surface area contributed by atoms with E-state index in [9.17, 15) is 8.42 Å². The number of rotatable bonds is 6. The van der Waals surface area contributed by atoms with Gasteiger partial charge in [0.25, 0.3) is 0 Å². The van der Waals surface area contributed by atoms with E-state index < -0.39 is 10.0 Å². The van der Waals surface area contributed by atoms with Crippen LogP contribution < -0.4 is 5.73 Å². The van der Waals surface area contributed by atoms with Crippen LogP contribution >= 0.6 is 0 Å². The molecular weight excluding hydrogens is 240 g/mol. The Morgan fingerprint density at radius 3 is 2.41 bits per heavy atom. The van der Waals surface area contributed by atoms with E-state index in [-0.39, 0.29) is 10.7 Å². The molecule has 0 aliphatic heterocycles. The second-order valence-corrected chi connectivity index (χ2v) is 5.64. The molecule has 6 nitrogen and oxygen atoms in total. The minimum absolute atomic E-state index is 0.0744. The molecule has 0 saturated carbocycles. The number of sulfonamides is 1. The van der Waals surface area contributed by atoms with E-state index in [1.807, 2.05) is 6.92 Å². The van der Waals surface area contributed by atoms with E-state index in [2.05, 4.69) is 5.10 Å². The number of hydrogen-bond acceptors (Lipinski definition) is 4. The third kappa shape index (κ3) is 2.78. The predicted molar refractivity (Wildman–Crippen MR) is 67.0 cm³/mol. The summed E-state index contributed by atoms with van der Waals surface area (Å²) in [5, 5.41) is 4.01. The van der Waals surface area contributed by atoms with Crippen molar-refractivity contribution in [2.24, 2.45) is 0 Å². The van der Waals surface area contributed by atoms with Crippen LogP contribution in [-0.4, -0.2) is 35.6 Å². The molecule has 98 valence electrons. The molecule has 0 radical (unpaired) electrons. The first-order chi connectivity index (χ1) is 7.97. The van der Waals surface area contributed by atoms with Crippen molar-refractivity contribution in [3.05, 3.63) is 6.20 Å². The average Bonchev–Trinajstić information content (AvgIpc) is 2.62. The van der Waals surface area contributed by atoms with Gasteiger partial charge in [0.2, 0.25) is 10.0 Å². The molecular formula is C10H20N4O2S. The zero-order chi connectivity index (χ0) is 13.1. The van der Waals surface area contributed by atoms with Crippen LogP contribution in [0.15, 0.2) is 11.1 Å². The zero-order valence-electron chi connectivity index (χ0n) is 10.5. The summed E-state index contributed by atoms with van der Waals surface area (Å²) in [6, 6.07) is 0. The van der Waals surface area contributed by atoms with Gasteiger partial charge < -0.3 is 5.73 Å². The van der Waals surface area contributed by atoms with Gasteiger partial charge in [0, 0.05) is 25.8 Å². The van der Waals surface area contributed by atoms with Crippen molar-refractivity contribution in [2.75, 3.05) is 18.8 Å². The van der Waals surface area contributed by atoms with Crippen molar-refractivity contribution in [3.8, 4) is 0 Å². The molecule has 0 unspecified atom stereocenters. The lowest BCUT2D eigenvalue weighted by Crippen LogP contribution is -2.30. The fourth-order valence-electron chi connectivity index (χ4n) is 1.66. The van der Waals surface area contributed by atoms with Gasteiger partial charge in [-0.1, -0.05) is 20.8 Å². The van der Waals surface area contributed by atoms with Crippen LogP contribution in [0.3, 0.4) is 0 Å². The number of nitrogens with zero attached hydrogens (tertiary/aromatic N) is 3. The molecule has 17 heavy (non-hydrogen) atoms. The average molecular weight is 260 g/mol. The lowest BCUT2D eigenvalue weighted by atomic mass is 10.5. The highest BCUT2D eigenvalue weighted by molar-refractivity contribution is 7.89. The molecule has 0 amide bonds. The van der Waals surface area contributed by atoms with Crippen molar-refractivity contribution >= 4 is 15.8 Å². The van der Waals surface area contributed by atoms with Crippen LogP contribution in [0.1, 0.15) is 27.2 Å². The second kappa shape index (κ2) is 5.50. The SMILES string of the molecule is CCCn1cc(S(=O)(=O)N(CC)CC)c(N)n1. The van der Waals surface area contributed by atoms with Crippen LogP contribution in [0, 0.1) is 0 Å². The highest BCUT2D eigenvalue weighted by Gasteiger charge is 2.26. The van der Waals surface area contributed by atoms with Crippen molar-refractivity contribution < 1.29 is 8.42 Å². The summed E-state index contributed by atoms with van der Waals surface area (Å²) in [6.45, 7) is 7.12. The molecule has 1 rings (SSSR count). The van der Waals surface area contributed by atoms with Gasteiger partial charge in [-0.3, -0.25) is 4.68 Å². The molecule has 0 aromatic carbocycles. The molecule has 1 heterocycles. The van der Waals surface area contributed by atoms with Gasteiger partial charge in [0.1, 0.15) is 4.90 Å². The Hall–Kier alpha value is -1.08. The molecule has 0 bridgehead atoms. The van der Waals surface area contributed by atoms with E-state index in [4.69, 9.17) is 5.73 Å². The Morgan fingerprint density at radius 2 is 1.94 bits per heavy atom. The van der Waals surface area contributed by atoms with Crippen LogP contribution in [0.2, 0.25) is 0 Å². The third-order valence-electron chi connectivity index (χ3n) is 2.53. The molecule has 1 aromatic rings. The highest BCUT2D eigenvalue weighted by Crippen LogP contribution is 2.20. The maximum atomic E-state index is 12.2. The Morgan fingerprint density at radius 1 is 1.35 bits per heavy atom. The van der Waals surface area contributed by atoms with Gasteiger partial charge in [-0.05, 0) is 6.42 Å². The quantitative estimate of drug-likeness (QED) is 0.824. The van der Waals surface area contributed by atoms with Gasteiger partial charge in [-0.15, -0.1) is 0 Å². The number of aromatic nitrogens is 2. The van der Waals surface area contributed by atoms with E-state index in [0.717, 1.165) is 6.42 Å². The summed E-state index contributed by atoms with van der Waals surface area (Å²) in [5.74, 6) is 0.0744. The highest BCUT2D eigenvalue weighted by atomic mass is 32.2. The van der Waals surface area contributed by atoms with E-state index in [0.29, 0.717) is 19.6 Å². The van der Waals surface area contributed by atoms with Gasteiger partial charge in [0.15, 0.2) is 5.82 Å². The molecule has 0 atom stereocenters. The molecule has 0 spiro atoms. The third-order valence-corrected chi connectivity index (χ3v) is 4.60. The molecule has 2 N–H and O–H groups in total. The summed E-state index contributed by atoms with van der Waals surface area (Å²) in [7, 11) is -3.50. The zero-order valence-corrected chi connectivity index (χ0v) is 11.4. The van der Waals surface area contributed by atoms with Gasteiger partial charge in [-0.25, -0.2) is 8.42 Å². The van der Waals surface area contributed by atoms with Crippen molar-refractivity contribution in [1.29, 1.82) is 0 Å². The van der Waals surface area contributed by atoms with Crippen LogP contribution in [0.4, 0.5) is 5.82 Å². The first-order valence-corrected chi connectivity index (χ1v) is 7.24. The topological polar surface area (TPSA) is 81.2 Å². The Kier molecular flexibility index (Phi) is 4.53. The summed E-state index contributed by atoms with van der Waals surface area (Å²) >= 11 is 0. The number of nitrogen functional groups attached to an aromatic ring is 1.